The highest BCUT2D eigenvalue weighted by molar-refractivity contribution is 5.90. The Hall–Kier alpha value is -1.10. The number of hydrogen-bond acceptors (Lipinski definition) is 5. The van der Waals surface area contributed by atoms with Crippen molar-refractivity contribution in [2.45, 2.75) is 32.1 Å². The summed E-state index contributed by atoms with van der Waals surface area (Å²) in [6, 6.07) is 0. The van der Waals surface area contributed by atoms with Gasteiger partial charge in [-0.1, -0.05) is 19.3 Å². The Labute approximate surface area is 82.4 Å². The summed E-state index contributed by atoms with van der Waals surface area (Å²) in [6.07, 6.45) is 2.66. The van der Waals surface area contributed by atoms with E-state index < -0.39 is 17.9 Å². The Morgan fingerprint density at radius 1 is 1.00 bits per heavy atom. The Bertz CT molecular complexity index is 176. The molecule has 5 heteroatoms. The van der Waals surface area contributed by atoms with E-state index >= 15 is 0 Å². The van der Waals surface area contributed by atoms with Crippen molar-refractivity contribution in [3.05, 3.63) is 0 Å². The summed E-state index contributed by atoms with van der Waals surface area (Å²) in [7, 11) is 0. The fourth-order valence-corrected chi connectivity index (χ4v) is 1.15. The van der Waals surface area contributed by atoms with Crippen LogP contribution in [-0.2, 0) is 9.59 Å². The quantitative estimate of drug-likeness (QED) is 0.364. The van der Waals surface area contributed by atoms with Gasteiger partial charge in [0.05, 0.1) is 11.9 Å². The molecule has 0 fully saturated rings. The molecule has 0 heterocycles. The molecular formula is C9H14O5-2. The molecule has 0 aromatic rings. The first-order chi connectivity index (χ1) is 6.59. The van der Waals surface area contributed by atoms with Crippen LogP contribution in [-0.4, -0.2) is 23.7 Å². The molecule has 0 aromatic carbocycles. The summed E-state index contributed by atoms with van der Waals surface area (Å²) in [4.78, 5) is 20.6. The molecule has 0 spiro atoms. The summed E-state index contributed by atoms with van der Waals surface area (Å²) in [5, 5.41) is 29.0. The third-order valence-corrected chi connectivity index (χ3v) is 1.97. The molecule has 5 nitrogen and oxygen atoms in total. The number of rotatable bonds is 8. The van der Waals surface area contributed by atoms with E-state index in [-0.39, 0.29) is 13.0 Å². The van der Waals surface area contributed by atoms with E-state index in [1.807, 2.05) is 0 Å². The number of aliphatic hydroxyl groups excluding tert-OH is 1. The summed E-state index contributed by atoms with van der Waals surface area (Å²) in [5.41, 5.74) is 0. The SMILES string of the molecule is O=C([O-])C(CCCCCCO)C(=O)[O-]. The number of aliphatic carboxylic acids is 2. The van der Waals surface area contributed by atoms with Crippen LogP contribution in [0.4, 0.5) is 0 Å². The van der Waals surface area contributed by atoms with E-state index in [1.165, 1.54) is 0 Å². The average molecular weight is 202 g/mol. The maximum atomic E-state index is 10.3. The molecule has 0 saturated carbocycles. The molecular weight excluding hydrogens is 188 g/mol. The number of carbonyl (C=O) groups excluding carboxylic acids is 2. The smallest absolute Gasteiger partial charge is 0.0501 e. The summed E-state index contributed by atoms with van der Waals surface area (Å²) in [5.74, 6) is -4.69. The minimum atomic E-state index is -1.59. The average Bonchev–Trinajstić information content (AvgIpc) is 2.09. The molecule has 0 aliphatic rings. The van der Waals surface area contributed by atoms with E-state index in [1.54, 1.807) is 0 Å². The highest BCUT2D eigenvalue weighted by Gasteiger charge is 2.10. The molecule has 0 aromatic heterocycles. The highest BCUT2D eigenvalue weighted by atomic mass is 16.4. The summed E-state index contributed by atoms with van der Waals surface area (Å²) >= 11 is 0. The fraction of sp³-hybridized carbons (Fsp3) is 0.778. The molecule has 14 heavy (non-hydrogen) atoms. The third-order valence-electron chi connectivity index (χ3n) is 1.97. The monoisotopic (exact) mass is 202 g/mol. The Morgan fingerprint density at radius 2 is 1.50 bits per heavy atom. The molecule has 0 aliphatic carbocycles. The van der Waals surface area contributed by atoms with Crippen molar-refractivity contribution in [2.75, 3.05) is 6.61 Å². The van der Waals surface area contributed by atoms with Gasteiger partial charge in [-0.15, -0.1) is 0 Å². The molecule has 82 valence electrons. The molecule has 0 amide bonds. The van der Waals surface area contributed by atoms with Crippen molar-refractivity contribution in [1.29, 1.82) is 0 Å². The van der Waals surface area contributed by atoms with Crippen LogP contribution >= 0.6 is 0 Å². The van der Waals surface area contributed by atoms with E-state index in [4.69, 9.17) is 5.11 Å². The van der Waals surface area contributed by atoms with Crippen LogP contribution in [0, 0.1) is 5.92 Å². The highest BCUT2D eigenvalue weighted by Crippen LogP contribution is 2.09. The topological polar surface area (TPSA) is 100 Å². The first-order valence-corrected chi connectivity index (χ1v) is 4.62. The van der Waals surface area contributed by atoms with Crippen LogP contribution in [0.25, 0.3) is 0 Å². The van der Waals surface area contributed by atoms with Crippen molar-refractivity contribution in [1.82, 2.24) is 0 Å². The largest absolute Gasteiger partial charge is 0.549 e. The summed E-state index contributed by atoms with van der Waals surface area (Å²) in [6.45, 7) is 0.102. The van der Waals surface area contributed by atoms with Crippen molar-refractivity contribution in [3.63, 3.8) is 0 Å². The van der Waals surface area contributed by atoms with Crippen molar-refractivity contribution >= 4 is 11.9 Å². The van der Waals surface area contributed by atoms with E-state index in [0.29, 0.717) is 19.3 Å². The van der Waals surface area contributed by atoms with Gasteiger partial charge in [0.25, 0.3) is 0 Å². The van der Waals surface area contributed by atoms with Crippen LogP contribution in [0.15, 0.2) is 0 Å². The van der Waals surface area contributed by atoms with Crippen molar-refractivity contribution < 1.29 is 24.9 Å². The standard InChI is InChI=1S/C9H16O5/c10-6-4-2-1-3-5-7(8(11)12)9(13)14/h7,10H,1-6H2,(H,11,12)(H,13,14)/p-2. The first kappa shape index (κ1) is 12.9. The lowest BCUT2D eigenvalue weighted by atomic mass is 10.0. The number of unbranched alkanes of at least 4 members (excludes halogenated alkanes) is 3. The predicted octanol–water partition coefficient (Wildman–Crippen LogP) is -1.95. The maximum Gasteiger partial charge on any atom is 0.0501 e. The van der Waals surface area contributed by atoms with Crippen molar-refractivity contribution in [3.8, 4) is 0 Å². The van der Waals surface area contributed by atoms with Gasteiger partial charge in [-0.25, -0.2) is 0 Å². The molecule has 0 atom stereocenters. The molecule has 0 saturated heterocycles. The molecule has 1 N–H and O–H groups in total. The number of carbonyl (C=O) groups is 2. The van der Waals surface area contributed by atoms with Gasteiger partial charge in [-0.05, 0) is 12.8 Å². The lowest BCUT2D eigenvalue weighted by molar-refractivity contribution is -0.332. The Balaban J connectivity index is 3.62. The van der Waals surface area contributed by atoms with Gasteiger partial charge in [0, 0.05) is 12.5 Å². The number of aliphatic hydroxyl groups is 1. The van der Waals surface area contributed by atoms with Gasteiger partial charge in [-0.2, -0.15) is 0 Å². The Kier molecular flexibility index (Phi) is 6.74. The van der Waals surface area contributed by atoms with Crippen LogP contribution in [0.5, 0.6) is 0 Å². The zero-order chi connectivity index (χ0) is 11.0. The third kappa shape index (κ3) is 5.53. The minimum Gasteiger partial charge on any atom is -0.549 e. The van der Waals surface area contributed by atoms with Crippen LogP contribution < -0.4 is 10.2 Å². The van der Waals surface area contributed by atoms with E-state index in [0.717, 1.165) is 6.42 Å². The van der Waals surface area contributed by atoms with Gasteiger partial charge in [0.1, 0.15) is 0 Å². The second kappa shape index (κ2) is 7.32. The number of hydrogen-bond donors (Lipinski definition) is 1. The lowest BCUT2D eigenvalue weighted by Crippen LogP contribution is -2.43. The molecule has 0 rings (SSSR count). The van der Waals surface area contributed by atoms with Gasteiger partial charge >= 0.3 is 0 Å². The van der Waals surface area contributed by atoms with E-state index in [2.05, 4.69) is 0 Å². The van der Waals surface area contributed by atoms with Gasteiger partial charge in [0.15, 0.2) is 0 Å². The fourth-order valence-electron chi connectivity index (χ4n) is 1.15. The molecule has 0 radical (unpaired) electrons. The van der Waals surface area contributed by atoms with Crippen LogP contribution in [0.2, 0.25) is 0 Å². The molecule has 0 bridgehead atoms. The van der Waals surface area contributed by atoms with Gasteiger partial charge in [0.2, 0.25) is 0 Å². The minimum absolute atomic E-state index is 0.0378. The van der Waals surface area contributed by atoms with E-state index in [9.17, 15) is 19.8 Å². The predicted molar refractivity (Wildman–Crippen MR) is 43.7 cm³/mol. The molecule has 0 aliphatic heterocycles. The second-order valence-corrected chi connectivity index (χ2v) is 3.12. The van der Waals surface area contributed by atoms with Crippen molar-refractivity contribution in [2.24, 2.45) is 5.92 Å². The lowest BCUT2D eigenvalue weighted by Gasteiger charge is -2.18. The maximum absolute atomic E-state index is 10.3. The van der Waals surface area contributed by atoms with Gasteiger partial charge in [-0.3, -0.25) is 0 Å². The van der Waals surface area contributed by atoms with Crippen LogP contribution in [0.3, 0.4) is 0 Å². The summed E-state index contributed by atoms with van der Waals surface area (Å²) < 4.78 is 0. The normalized spacial score (nSPS) is 10.4. The van der Waals surface area contributed by atoms with Crippen LogP contribution in [0.1, 0.15) is 32.1 Å². The number of carboxylic acid groups (broad SMARTS) is 2. The zero-order valence-corrected chi connectivity index (χ0v) is 7.90. The number of carboxylic acids is 2. The zero-order valence-electron chi connectivity index (χ0n) is 7.90. The Morgan fingerprint density at radius 3 is 1.93 bits per heavy atom. The van der Waals surface area contributed by atoms with Gasteiger partial charge < -0.3 is 24.9 Å². The second-order valence-electron chi connectivity index (χ2n) is 3.12. The first-order valence-electron chi connectivity index (χ1n) is 4.62. The molecule has 0 unspecified atom stereocenters.